The molecule has 0 bridgehead atoms. The van der Waals surface area contributed by atoms with E-state index in [1.807, 2.05) is 10.6 Å². The Morgan fingerprint density at radius 2 is 1.96 bits per heavy atom. The normalized spacial score (nSPS) is 15.8. The Hall–Kier alpha value is -2.31. The highest BCUT2D eigenvalue weighted by atomic mass is 16.2. The van der Waals surface area contributed by atoms with Crippen LogP contribution in [0.15, 0.2) is 15.8 Å². The van der Waals surface area contributed by atoms with Gasteiger partial charge in [-0.3, -0.25) is 18.3 Å². The summed E-state index contributed by atoms with van der Waals surface area (Å²) in [4.78, 5) is 30.3. The molecule has 0 atom stereocenters. The van der Waals surface area contributed by atoms with Gasteiger partial charge in [0.15, 0.2) is 11.2 Å². The van der Waals surface area contributed by atoms with Gasteiger partial charge in [0.25, 0.3) is 5.56 Å². The molecular weight excluding hydrogens is 318 g/mol. The van der Waals surface area contributed by atoms with E-state index in [9.17, 15) is 9.59 Å². The molecule has 1 fully saturated rings. The third-order valence-electron chi connectivity index (χ3n) is 5.49. The Balaban J connectivity index is 2.04. The van der Waals surface area contributed by atoms with E-state index in [2.05, 4.69) is 18.4 Å². The average molecular weight is 343 g/mol. The number of hydrogen-bond acceptors (Lipinski definition) is 3. The minimum Gasteiger partial charge on any atom is -0.311 e. The van der Waals surface area contributed by atoms with Gasteiger partial charge in [0.05, 0.1) is 0 Å². The smallest absolute Gasteiger partial charge is 0.311 e. The number of rotatable bonds is 4. The lowest BCUT2D eigenvalue weighted by atomic mass is 10.2. The van der Waals surface area contributed by atoms with Crippen molar-refractivity contribution in [3.8, 4) is 0 Å². The van der Waals surface area contributed by atoms with Gasteiger partial charge in [0, 0.05) is 31.5 Å². The van der Waals surface area contributed by atoms with Gasteiger partial charge in [-0.1, -0.05) is 26.2 Å². The molecule has 0 unspecified atom stereocenters. The maximum absolute atomic E-state index is 13.0. The lowest BCUT2D eigenvalue weighted by Gasteiger charge is -2.13. The maximum atomic E-state index is 13.0. The van der Waals surface area contributed by atoms with Crippen LogP contribution >= 0.6 is 0 Å². The number of hydrogen-bond donors (Lipinski definition) is 0. The molecule has 4 rings (SSSR count). The minimum absolute atomic E-state index is 0.234. The zero-order valence-corrected chi connectivity index (χ0v) is 15.2. The van der Waals surface area contributed by atoms with Gasteiger partial charge in [0.2, 0.25) is 5.78 Å². The minimum atomic E-state index is -0.282. The second-order valence-corrected chi connectivity index (χ2v) is 7.18. The standard InChI is InChI=1S/C18H25N5O2/c1-4-5-10-21-16(24)14-15(20(3)18(21)25)19-17-22(14)11-12(2)23(17)13-8-6-7-9-13/h11,13H,4-10H2,1-3H3. The molecule has 7 nitrogen and oxygen atoms in total. The topological polar surface area (TPSA) is 66.2 Å². The first-order valence-electron chi connectivity index (χ1n) is 9.24. The highest BCUT2D eigenvalue weighted by Crippen LogP contribution is 2.32. The molecule has 7 heteroatoms. The zero-order chi connectivity index (χ0) is 17.7. The highest BCUT2D eigenvalue weighted by molar-refractivity contribution is 5.75. The lowest BCUT2D eigenvalue weighted by Crippen LogP contribution is -2.39. The fraction of sp³-hybridized carbons (Fsp3) is 0.611. The van der Waals surface area contributed by atoms with Crippen LogP contribution < -0.4 is 11.2 Å². The summed E-state index contributed by atoms with van der Waals surface area (Å²) in [5.41, 5.74) is 1.58. The second kappa shape index (κ2) is 5.89. The number of aromatic nitrogens is 5. The molecule has 25 heavy (non-hydrogen) atoms. The first kappa shape index (κ1) is 16.2. The Morgan fingerprint density at radius 3 is 2.64 bits per heavy atom. The maximum Gasteiger partial charge on any atom is 0.332 e. The Labute approximate surface area is 145 Å². The molecule has 3 aromatic heterocycles. The number of nitrogens with zero attached hydrogens (tertiary/aromatic N) is 5. The van der Waals surface area contributed by atoms with Crippen LogP contribution in [0.4, 0.5) is 0 Å². The van der Waals surface area contributed by atoms with Crippen LogP contribution in [-0.4, -0.2) is 23.1 Å². The van der Waals surface area contributed by atoms with Gasteiger partial charge in [-0.05, 0) is 26.2 Å². The third-order valence-corrected chi connectivity index (χ3v) is 5.49. The Kier molecular flexibility index (Phi) is 3.81. The van der Waals surface area contributed by atoms with E-state index in [0.29, 0.717) is 23.8 Å². The molecule has 1 aliphatic carbocycles. The van der Waals surface area contributed by atoms with E-state index in [1.54, 1.807) is 7.05 Å². The first-order chi connectivity index (χ1) is 12.0. The second-order valence-electron chi connectivity index (χ2n) is 7.18. The van der Waals surface area contributed by atoms with Crippen molar-refractivity contribution >= 4 is 16.9 Å². The average Bonchev–Trinajstić information content (AvgIpc) is 3.28. The van der Waals surface area contributed by atoms with Crippen LogP contribution in [0.5, 0.6) is 0 Å². The molecule has 0 spiro atoms. The van der Waals surface area contributed by atoms with Gasteiger partial charge in [-0.2, -0.15) is 4.98 Å². The SMILES string of the molecule is CCCCn1c(=O)c2c(nc3n(C4CCCC4)c(C)cn23)n(C)c1=O. The molecule has 134 valence electrons. The molecule has 0 radical (unpaired) electrons. The lowest BCUT2D eigenvalue weighted by molar-refractivity contribution is 0.520. The van der Waals surface area contributed by atoms with Gasteiger partial charge in [-0.15, -0.1) is 0 Å². The highest BCUT2D eigenvalue weighted by Gasteiger charge is 2.25. The molecule has 3 aromatic rings. The van der Waals surface area contributed by atoms with Crippen molar-refractivity contribution in [3.05, 3.63) is 32.7 Å². The summed E-state index contributed by atoms with van der Waals surface area (Å²) in [6.07, 6.45) is 8.49. The molecule has 0 saturated heterocycles. The van der Waals surface area contributed by atoms with Gasteiger partial charge < -0.3 is 4.57 Å². The van der Waals surface area contributed by atoms with Crippen molar-refractivity contribution in [3.63, 3.8) is 0 Å². The summed E-state index contributed by atoms with van der Waals surface area (Å²) in [7, 11) is 1.70. The van der Waals surface area contributed by atoms with E-state index in [4.69, 9.17) is 4.98 Å². The fourth-order valence-corrected chi connectivity index (χ4v) is 4.15. The van der Waals surface area contributed by atoms with Crippen molar-refractivity contribution in [1.82, 2.24) is 23.1 Å². The number of imidazole rings is 2. The van der Waals surface area contributed by atoms with Crippen LogP contribution in [-0.2, 0) is 13.6 Å². The van der Waals surface area contributed by atoms with E-state index in [-0.39, 0.29) is 11.2 Å². The number of aryl methyl sites for hydroxylation is 2. The van der Waals surface area contributed by atoms with Gasteiger partial charge >= 0.3 is 5.69 Å². The summed E-state index contributed by atoms with van der Waals surface area (Å²) < 4.78 is 6.98. The molecule has 0 N–H and O–H groups in total. The van der Waals surface area contributed by atoms with Crippen LogP contribution in [0.3, 0.4) is 0 Å². The largest absolute Gasteiger partial charge is 0.332 e. The van der Waals surface area contributed by atoms with Crippen molar-refractivity contribution < 1.29 is 0 Å². The predicted molar refractivity (Wildman–Crippen MR) is 97.3 cm³/mol. The quantitative estimate of drug-likeness (QED) is 0.730. The molecule has 3 heterocycles. The van der Waals surface area contributed by atoms with Crippen molar-refractivity contribution in [2.75, 3.05) is 0 Å². The monoisotopic (exact) mass is 343 g/mol. The number of fused-ring (bicyclic) bond motifs is 3. The molecule has 1 aliphatic rings. The van der Waals surface area contributed by atoms with Crippen LogP contribution in [0.2, 0.25) is 0 Å². The van der Waals surface area contributed by atoms with Gasteiger partial charge in [0.1, 0.15) is 0 Å². The third kappa shape index (κ3) is 2.28. The van der Waals surface area contributed by atoms with Crippen molar-refractivity contribution in [1.29, 1.82) is 0 Å². The molecule has 0 aromatic carbocycles. The molecular formula is C18H25N5O2. The van der Waals surface area contributed by atoms with Gasteiger partial charge in [-0.25, -0.2) is 4.79 Å². The van der Waals surface area contributed by atoms with E-state index < -0.39 is 0 Å². The zero-order valence-electron chi connectivity index (χ0n) is 15.2. The summed E-state index contributed by atoms with van der Waals surface area (Å²) >= 11 is 0. The summed E-state index contributed by atoms with van der Waals surface area (Å²) in [6.45, 7) is 4.57. The van der Waals surface area contributed by atoms with Crippen molar-refractivity contribution in [2.24, 2.45) is 7.05 Å². The Bertz CT molecular complexity index is 1060. The summed E-state index contributed by atoms with van der Waals surface area (Å²) in [6, 6.07) is 0.439. The van der Waals surface area contributed by atoms with Crippen LogP contribution in [0.25, 0.3) is 16.9 Å². The first-order valence-corrected chi connectivity index (χ1v) is 9.24. The van der Waals surface area contributed by atoms with E-state index >= 15 is 0 Å². The Morgan fingerprint density at radius 1 is 1.24 bits per heavy atom. The fourth-order valence-electron chi connectivity index (χ4n) is 4.15. The summed E-state index contributed by atoms with van der Waals surface area (Å²) in [5, 5.41) is 0. The van der Waals surface area contributed by atoms with Crippen LogP contribution in [0, 0.1) is 6.92 Å². The molecule has 0 amide bonds. The predicted octanol–water partition coefficient (Wildman–Crippen LogP) is 2.37. The molecule has 1 saturated carbocycles. The number of unbranched alkanes of at least 4 members (excludes halogenated alkanes) is 1. The van der Waals surface area contributed by atoms with Crippen LogP contribution in [0.1, 0.15) is 57.2 Å². The summed E-state index contributed by atoms with van der Waals surface area (Å²) in [5.74, 6) is 0.778. The van der Waals surface area contributed by atoms with E-state index in [1.165, 1.54) is 22.0 Å². The molecule has 0 aliphatic heterocycles. The van der Waals surface area contributed by atoms with E-state index in [0.717, 1.165) is 37.2 Å². The van der Waals surface area contributed by atoms with Crippen molar-refractivity contribution in [2.45, 2.75) is 65.0 Å².